The number of benzene rings is 1. The van der Waals surface area contributed by atoms with Crippen molar-refractivity contribution in [2.24, 2.45) is 4.99 Å². The topological polar surface area (TPSA) is 92.5 Å². The third-order valence-electron chi connectivity index (χ3n) is 6.49. The number of aliphatic imine (C=N–C) groups is 1. The lowest BCUT2D eigenvalue weighted by Crippen LogP contribution is -2.51. The van der Waals surface area contributed by atoms with Gasteiger partial charge in [-0.15, -0.1) is 4.99 Å². The summed E-state index contributed by atoms with van der Waals surface area (Å²) in [5, 5.41) is 18.3. The second-order valence-corrected chi connectivity index (χ2v) is 8.23. The quantitative estimate of drug-likeness (QED) is 0.400. The highest BCUT2D eigenvalue weighted by atomic mass is 16.2. The van der Waals surface area contributed by atoms with E-state index < -0.39 is 0 Å². The molecular formula is C22H32N6O. The number of rotatable bonds is 5. The molecule has 156 valence electrons. The van der Waals surface area contributed by atoms with Gasteiger partial charge < -0.3 is 16.0 Å². The zero-order valence-electron chi connectivity index (χ0n) is 17.4. The molecule has 1 amide bonds. The Balaban J connectivity index is 1.67. The van der Waals surface area contributed by atoms with Crippen molar-refractivity contribution in [1.29, 1.82) is 5.26 Å². The smallest absolute Gasteiger partial charge is 0.237 e. The Morgan fingerprint density at radius 1 is 1.28 bits per heavy atom. The maximum absolute atomic E-state index is 12.8. The van der Waals surface area contributed by atoms with Crippen molar-refractivity contribution in [1.82, 2.24) is 20.9 Å². The van der Waals surface area contributed by atoms with Gasteiger partial charge in [-0.3, -0.25) is 9.69 Å². The van der Waals surface area contributed by atoms with Crippen LogP contribution in [0.15, 0.2) is 35.3 Å². The van der Waals surface area contributed by atoms with E-state index in [4.69, 9.17) is 5.26 Å². The lowest BCUT2D eigenvalue weighted by atomic mass is 9.68. The van der Waals surface area contributed by atoms with Crippen molar-refractivity contribution in [2.75, 3.05) is 27.2 Å². The zero-order valence-corrected chi connectivity index (χ0v) is 17.4. The summed E-state index contributed by atoms with van der Waals surface area (Å²) in [7, 11) is 3.79. The molecule has 1 saturated heterocycles. The van der Waals surface area contributed by atoms with E-state index in [1.165, 1.54) is 5.56 Å². The van der Waals surface area contributed by atoms with Crippen LogP contribution < -0.4 is 16.0 Å². The maximum Gasteiger partial charge on any atom is 0.237 e. The van der Waals surface area contributed by atoms with Gasteiger partial charge in [0.1, 0.15) is 0 Å². The van der Waals surface area contributed by atoms with E-state index in [2.05, 4.69) is 50.1 Å². The molecule has 2 fully saturated rings. The number of carbonyl (C=O) groups excluding carboxylic acids is 1. The monoisotopic (exact) mass is 396 g/mol. The van der Waals surface area contributed by atoms with Crippen LogP contribution in [0.3, 0.4) is 0 Å². The number of likely N-dealkylation sites (N-methyl/N-ethyl adjacent to an activating group) is 1. The van der Waals surface area contributed by atoms with Crippen molar-refractivity contribution in [2.45, 2.75) is 56.0 Å². The fraction of sp³-hybridized carbons (Fsp3) is 0.591. The number of nitriles is 1. The van der Waals surface area contributed by atoms with Crippen LogP contribution in [0.4, 0.5) is 0 Å². The predicted octanol–water partition coefficient (Wildman–Crippen LogP) is 1.72. The van der Waals surface area contributed by atoms with Crippen LogP contribution in [-0.4, -0.2) is 56.0 Å². The number of hydrogen-bond donors (Lipinski definition) is 3. The van der Waals surface area contributed by atoms with Crippen LogP contribution in [0.5, 0.6) is 0 Å². The molecule has 3 N–H and O–H groups in total. The summed E-state index contributed by atoms with van der Waals surface area (Å²) in [6, 6.07) is 10.8. The van der Waals surface area contributed by atoms with Gasteiger partial charge in [-0.1, -0.05) is 30.3 Å². The van der Waals surface area contributed by atoms with E-state index in [1.54, 1.807) is 7.05 Å². The molecule has 0 radical (unpaired) electrons. The van der Waals surface area contributed by atoms with Crippen molar-refractivity contribution in [3.05, 3.63) is 35.9 Å². The molecular weight excluding hydrogens is 364 g/mol. The minimum Gasteiger partial charge on any atom is -0.359 e. The molecule has 7 nitrogen and oxygen atoms in total. The molecule has 1 atom stereocenters. The summed E-state index contributed by atoms with van der Waals surface area (Å²) < 4.78 is 0. The van der Waals surface area contributed by atoms with E-state index in [0.29, 0.717) is 12.5 Å². The Labute approximate surface area is 173 Å². The Morgan fingerprint density at radius 3 is 2.59 bits per heavy atom. The van der Waals surface area contributed by atoms with Gasteiger partial charge in [-0.05, 0) is 57.7 Å². The van der Waals surface area contributed by atoms with Crippen molar-refractivity contribution in [3.8, 4) is 6.19 Å². The average Bonchev–Trinajstić information content (AvgIpc) is 3.19. The highest BCUT2D eigenvalue weighted by molar-refractivity contribution is 5.82. The molecule has 1 heterocycles. The third kappa shape index (κ3) is 5.07. The molecule has 3 rings (SSSR count). The Hall–Kier alpha value is -2.59. The summed E-state index contributed by atoms with van der Waals surface area (Å²) in [6.45, 7) is 1.66. The normalized spacial score (nSPS) is 27.8. The second-order valence-electron chi connectivity index (χ2n) is 8.23. The number of carbonyl (C=O) groups is 1. The lowest BCUT2D eigenvalue weighted by molar-refractivity contribution is -0.125. The molecule has 1 aliphatic heterocycles. The Bertz CT molecular complexity index is 748. The Morgan fingerprint density at radius 2 is 2.00 bits per heavy atom. The number of nitrogens with zero attached hydrogens (tertiary/aromatic N) is 3. The number of guanidine groups is 1. The maximum atomic E-state index is 12.8. The largest absolute Gasteiger partial charge is 0.359 e. The number of likely N-dealkylation sites (tertiary alicyclic amines) is 1. The van der Waals surface area contributed by atoms with E-state index >= 15 is 0 Å². The summed E-state index contributed by atoms with van der Waals surface area (Å²) in [5.74, 6) is 0.668. The van der Waals surface area contributed by atoms with Crippen molar-refractivity contribution >= 4 is 11.9 Å². The fourth-order valence-corrected chi connectivity index (χ4v) is 4.69. The van der Waals surface area contributed by atoms with Gasteiger partial charge in [0.15, 0.2) is 0 Å². The molecule has 7 heteroatoms. The van der Waals surface area contributed by atoms with Crippen LogP contribution in [0.2, 0.25) is 0 Å². The first-order valence-corrected chi connectivity index (χ1v) is 10.5. The zero-order chi connectivity index (χ0) is 20.7. The van der Waals surface area contributed by atoms with E-state index in [0.717, 1.165) is 45.1 Å². The first-order chi connectivity index (χ1) is 14.1. The molecule has 0 aromatic heterocycles. The van der Waals surface area contributed by atoms with Gasteiger partial charge in [-0.2, -0.15) is 5.26 Å². The van der Waals surface area contributed by atoms with Gasteiger partial charge >= 0.3 is 0 Å². The van der Waals surface area contributed by atoms with E-state index in [-0.39, 0.29) is 23.4 Å². The predicted molar refractivity (Wildman–Crippen MR) is 114 cm³/mol. The van der Waals surface area contributed by atoms with Crippen molar-refractivity contribution < 1.29 is 4.79 Å². The van der Waals surface area contributed by atoms with Crippen molar-refractivity contribution in [3.63, 3.8) is 0 Å². The first kappa shape index (κ1) is 21.1. The number of nitrogens with one attached hydrogen (secondary N) is 3. The molecule has 0 bridgehead atoms. The molecule has 1 saturated carbocycles. The van der Waals surface area contributed by atoms with Crippen LogP contribution in [-0.2, 0) is 10.2 Å². The van der Waals surface area contributed by atoms with Gasteiger partial charge in [0.25, 0.3) is 0 Å². The summed E-state index contributed by atoms with van der Waals surface area (Å²) in [6.07, 6.45) is 7.71. The highest BCUT2D eigenvalue weighted by Crippen LogP contribution is 2.39. The summed E-state index contributed by atoms with van der Waals surface area (Å²) >= 11 is 0. The number of amides is 1. The molecule has 1 aliphatic carbocycles. The number of hydrogen-bond acceptors (Lipinski definition) is 4. The van der Waals surface area contributed by atoms with Crippen LogP contribution >= 0.6 is 0 Å². The SMILES string of the molecule is CN/C(=N\C#N)N[C@H]1CC[C@](CNC(=O)[C@@H]2CCCN2C)(c2ccccc2)CC1. The van der Waals surface area contributed by atoms with Gasteiger partial charge in [-0.25, -0.2) is 0 Å². The van der Waals surface area contributed by atoms with E-state index in [1.807, 2.05) is 19.3 Å². The van der Waals surface area contributed by atoms with Gasteiger partial charge in [0.05, 0.1) is 6.04 Å². The van der Waals surface area contributed by atoms with Gasteiger partial charge in [0.2, 0.25) is 18.1 Å². The molecule has 29 heavy (non-hydrogen) atoms. The van der Waals surface area contributed by atoms with Crippen LogP contribution in [0.25, 0.3) is 0 Å². The summed E-state index contributed by atoms with van der Waals surface area (Å²) in [4.78, 5) is 18.7. The van der Waals surface area contributed by atoms with Crippen LogP contribution in [0, 0.1) is 11.5 Å². The average molecular weight is 397 g/mol. The van der Waals surface area contributed by atoms with Gasteiger partial charge in [0, 0.05) is 25.0 Å². The Kier molecular flexibility index (Phi) is 7.10. The molecule has 1 aromatic rings. The molecule has 0 unspecified atom stereocenters. The van der Waals surface area contributed by atoms with Crippen LogP contribution in [0.1, 0.15) is 44.1 Å². The standard InChI is InChI=1S/C22H32N6O/c1-24-21(26-16-23)27-18-10-12-22(13-11-18,17-7-4-3-5-8-17)15-25-20(29)19-9-6-14-28(19)2/h3-5,7-8,18-19H,6,9-15H2,1-2H3,(H,25,29)(H2,24,26,27)/t18-,19-,22-/m0/s1. The molecule has 0 spiro atoms. The third-order valence-corrected chi connectivity index (χ3v) is 6.49. The minimum atomic E-state index is -0.0571. The van der Waals surface area contributed by atoms with E-state index in [9.17, 15) is 4.79 Å². The first-order valence-electron chi connectivity index (χ1n) is 10.5. The fourth-order valence-electron chi connectivity index (χ4n) is 4.69. The lowest BCUT2D eigenvalue weighted by Gasteiger charge is -2.41. The molecule has 1 aromatic carbocycles. The highest BCUT2D eigenvalue weighted by Gasteiger charge is 2.38. The second kappa shape index (κ2) is 9.75. The summed E-state index contributed by atoms with van der Waals surface area (Å²) in [5.41, 5.74) is 1.23. The minimum absolute atomic E-state index is 0.00112. The molecule has 2 aliphatic rings.